The third-order valence-corrected chi connectivity index (χ3v) is 5.31. The van der Waals surface area contributed by atoms with E-state index in [0.717, 1.165) is 22.9 Å². The molecule has 1 aliphatic rings. The van der Waals surface area contributed by atoms with E-state index in [-0.39, 0.29) is 17.2 Å². The highest BCUT2D eigenvalue weighted by molar-refractivity contribution is 9.10. The molecule has 2 amide bonds. The second-order valence-electron chi connectivity index (χ2n) is 6.44. The average molecular weight is 427 g/mol. The number of halogens is 1. The van der Waals surface area contributed by atoms with Gasteiger partial charge in [-0.2, -0.15) is 5.10 Å². The number of hydrazine groups is 1. The van der Waals surface area contributed by atoms with Crippen molar-refractivity contribution in [3.63, 3.8) is 0 Å². The zero-order chi connectivity index (χ0) is 19.0. The molecule has 8 heteroatoms. The van der Waals surface area contributed by atoms with E-state index in [1.54, 1.807) is 24.3 Å². The number of nitrogens with one attached hydrogen (secondary N) is 3. The Morgan fingerprint density at radius 3 is 2.33 bits per heavy atom. The SMILES string of the molecule is O=C(NNC(=O)C1(c2ccc(Br)cc2)CC1)c1n[nH]c(=O)c2ccccc12. The monoisotopic (exact) mass is 426 g/mol. The molecule has 7 nitrogen and oxygen atoms in total. The maximum atomic E-state index is 12.7. The second kappa shape index (κ2) is 6.62. The number of nitrogens with zero attached hydrogens (tertiary/aromatic N) is 1. The third-order valence-electron chi connectivity index (χ3n) is 4.78. The Kier molecular flexibility index (Phi) is 4.27. The topological polar surface area (TPSA) is 104 Å². The number of aromatic nitrogens is 2. The van der Waals surface area contributed by atoms with Crippen LogP contribution in [0.4, 0.5) is 0 Å². The first-order valence-corrected chi connectivity index (χ1v) is 9.15. The van der Waals surface area contributed by atoms with Crippen LogP contribution < -0.4 is 16.4 Å². The smallest absolute Gasteiger partial charge is 0.272 e. The van der Waals surface area contributed by atoms with Gasteiger partial charge in [0.05, 0.1) is 10.8 Å². The number of rotatable bonds is 3. The fourth-order valence-electron chi connectivity index (χ4n) is 3.12. The Labute approximate surface area is 162 Å². The van der Waals surface area contributed by atoms with E-state index in [1.807, 2.05) is 24.3 Å². The van der Waals surface area contributed by atoms with Gasteiger partial charge in [-0.3, -0.25) is 25.2 Å². The summed E-state index contributed by atoms with van der Waals surface area (Å²) in [6.45, 7) is 0. The van der Waals surface area contributed by atoms with Gasteiger partial charge in [-0.05, 0) is 36.6 Å². The minimum atomic E-state index is -0.617. The number of aromatic amines is 1. The van der Waals surface area contributed by atoms with E-state index in [2.05, 4.69) is 37.0 Å². The van der Waals surface area contributed by atoms with Crippen molar-refractivity contribution in [1.29, 1.82) is 0 Å². The lowest BCUT2D eigenvalue weighted by molar-refractivity contribution is -0.124. The fraction of sp³-hybridized carbons (Fsp3) is 0.158. The molecule has 27 heavy (non-hydrogen) atoms. The minimum Gasteiger partial charge on any atom is -0.272 e. The summed E-state index contributed by atoms with van der Waals surface area (Å²) in [6, 6.07) is 14.2. The molecular weight excluding hydrogens is 412 g/mol. The molecular formula is C19H15BrN4O3. The Morgan fingerprint density at radius 1 is 1.00 bits per heavy atom. The molecule has 0 atom stereocenters. The van der Waals surface area contributed by atoms with Crippen molar-refractivity contribution in [1.82, 2.24) is 21.0 Å². The lowest BCUT2D eigenvalue weighted by Crippen LogP contribution is -2.47. The molecule has 1 aromatic heterocycles. The summed E-state index contributed by atoms with van der Waals surface area (Å²) in [7, 11) is 0. The van der Waals surface area contributed by atoms with Crippen LogP contribution in [0.2, 0.25) is 0 Å². The summed E-state index contributed by atoms with van der Waals surface area (Å²) in [4.78, 5) is 37.0. The first-order valence-electron chi connectivity index (χ1n) is 8.35. The minimum absolute atomic E-state index is 0.0407. The van der Waals surface area contributed by atoms with Gasteiger partial charge < -0.3 is 0 Å². The van der Waals surface area contributed by atoms with Crippen LogP contribution in [0.5, 0.6) is 0 Å². The molecule has 136 valence electrons. The van der Waals surface area contributed by atoms with E-state index in [4.69, 9.17) is 0 Å². The zero-order valence-electron chi connectivity index (χ0n) is 14.1. The van der Waals surface area contributed by atoms with Gasteiger partial charge in [-0.25, -0.2) is 5.10 Å². The van der Waals surface area contributed by atoms with Crippen LogP contribution in [0.25, 0.3) is 10.8 Å². The standard InChI is InChI=1S/C19H15BrN4O3/c20-12-7-5-11(6-8-12)19(9-10-19)18(27)24-23-17(26)15-13-3-1-2-4-14(13)16(25)22-21-15/h1-8H,9-10H2,(H,22,25)(H,23,26)(H,24,27). The quantitative estimate of drug-likeness (QED) is 0.558. The summed E-state index contributed by atoms with van der Waals surface area (Å²) in [5, 5.41) is 6.90. The Morgan fingerprint density at radius 2 is 1.67 bits per heavy atom. The molecule has 1 aliphatic carbocycles. The average Bonchev–Trinajstić information content (AvgIpc) is 3.49. The Bertz CT molecular complexity index is 1100. The maximum Gasteiger partial charge on any atom is 0.290 e. The maximum absolute atomic E-state index is 12.7. The van der Waals surface area contributed by atoms with Crippen molar-refractivity contribution >= 4 is 38.5 Å². The lowest BCUT2D eigenvalue weighted by Gasteiger charge is -2.16. The summed E-state index contributed by atoms with van der Waals surface area (Å²) >= 11 is 3.38. The molecule has 3 N–H and O–H groups in total. The molecule has 1 fully saturated rings. The molecule has 3 aromatic rings. The van der Waals surface area contributed by atoms with Crippen molar-refractivity contribution in [3.05, 3.63) is 74.6 Å². The number of carbonyl (C=O) groups excluding carboxylic acids is 2. The Balaban J connectivity index is 1.52. The van der Waals surface area contributed by atoms with E-state index in [0.29, 0.717) is 10.8 Å². The van der Waals surface area contributed by atoms with Crippen LogP contribution in [0.1, 0.15) is 28.9 Å². The molecule has 4 rings (SSSR count). The van der Waals surface area contributed by atoms with Gasteiger partial charge in [-0.1, -0.05) is 46.3 Å². The van der Waals surface area contributed by atoms with Crippen molar-refractivity contribution in [2.24, 2.45) is 0 Å². The molecule has 0 bridgehead atoms. The molecule has 2 aromatic carbocycles. The van der Waals surface area contributed by atoms with Gasteiger partial charge >= 0.3 is 0 Å². The van der Waals surface area contributed by atoms with Crippen LogP contribution in [0.3, 0.4) is 0 Å². The molecule has 0 aliphatic heterocycles. The number of hydrogen-bond acceptors (Lipinski definition) is 4. The summed E-state index contributed by atoms with van der Waals surface area (Å²) < 4.78 is 0.937. The number of fused-ring (bicyclic) bond motifs is 1. The molecule has 0 saturated heterocycles. The highest BCUT2D eigenvalue weighted by Gasteiger charge is 2.51. The molecule has 1 saturated carbocycles. The lowest BCUT2D eigenvalue weighted by atomic mass is 9.95. The van der Waals surface area contributed by atoms with Gasteiger partial charge in [0.25, 0.3) is 11.5 Å². The third kappa shape index (κ3) is 3.12. The highest BCUT2D eigenvalue weighted by atomic mass is 79.9. The van der Waals surface area contributed by atoms with Gasteiger partial charge in [0.2, 0.25) is 5.91 Å². The van der Waals surface area contributed by atoms with E-state index < -0.39 is 11.3 Å². The Hall–Kier alpha value is -3.00. The molecule has 0 unspecified atom stereocenters. The van der Waals surface area contributed by atoms with E-state index in [9.17, 15) is 14.4 Å². The fourth-order valence-corrected chi connectivity index (χ4v) is 3.39. The van der Waals surface area contributed by atoms with Gasteiger partial charge in [0, 0.05) is 9.86 Å². The summed E-state index contributed by atoms with van der Waals surface area (Å²) in [6.07, 6.45) is 1.44. The van der Waals surface area contributed by atoms with Crippen LogP contribution in [-0.2, 0) is 10.2 Å². The zero-order valence-corrected chi connectivity index (χ0v) is 15.7. The number of benzene rings is 2. The van der Waals surface area contributed by atoms with E-state index in [1.165, 1.54) is 0 Å². The van der Waals surface area contributed by atoms with Crippen molar-refractivity contribution in [2.75, 3.05) is 0 Å². The highest BCUT2D eigenvalue weighted by Crippen LogP contribution is 2.48. The van der Waals surface area contributed by atoms with Crippen molar-refractivity contribution in [3.8, 4) is 0 Å². The van der Waals surface area contributed by atoms with E-state index >= 15 is 0 Å². The normalized spacial score (nSPS) is 14.6. The van der Waals surface area contributed by atoms with Gasteiger partial charge in [0.15, 0.2) is 5.69 Å². The number of H-pyrrole nitrogens is 1. The molecule has 0 spiro atoms. The summed E-state index contributed by atoms with van der Waals surface area (Å²) in [5.41, 5.74) is 4.85. The van der Waals surface area contributed by atoms with Crippen LogP contribution in [-0.4, -0.2) is 22.0 Å². The first kappa shape index (κ1) is 17.4. The predicted octanol–water partition coefficient (Wildman–Crippen LogP) is 2.18. The largest absolute Gasteiger partial charge is 0.290 e. The first-order chi connectivity index (χ1) is 13.0. The predicted molar refractivity (Wildman–Crippen MR) is 103 cm³/mol. The number of hydrogen-bond donors (Lipinski definition) is 3. The number of amides is 2. The number of carbonyl (C=O) groups is 2. The van der Waals surface area contributed by atoms with Crippen LogP contribution in [0.15, 0.2) is 57.8 Å². The van der Waals surface area contributed by atoms with Crippen LogP contribution in [0, 0.1) is 0 Å². The van der Waals surface area contributed by atoms with Gasteiger partial charge in [-0.15, -0.1) is 0 Å². The van der Waals surface area contributed by atoms with Crippen LogP contribution >= 0.6 is 15.9 Å². The summed E-state index contributed by atoms with van der Waals surface area (Å²) in [5.74, 6) is -0.866. The second-order valence-corrected chi connectivity index (χ2v) is 7.36. The van der Waals surface area contributed by atoms with Gasteiger partial charge in [0.1, 0.15) is 0 Å². The molecule has 0 radical (unpaired) electrons. The molecule has 1 heterocycles. The van der Waals surface area contributed by atoms with Crippen molar-refractivity contribution < 1.29 is 9.59 Å². The van der Waals surface area contributed by atoms with Crippen molar-refractivity contribution in [2.45, 2.75) is 18.3 Å².